The summed E-state index contributed by atoms with van der Waals surface area (Å²) in [7, 11) is -0.253. The van der Waals surface area contributed by atoms with Gasteiger partial charge in [0.25, 0.3) is 0 Å². The monoisotopic (exact) mass is 246 g/mol. The van der Waals surface area contributed by atoms with Crippen molar-refractivity contribution in [1.82, 2.24) is 0 Å². The van der Waals surface area contributed by atoms with Gasteiger partial charge in [-0.05, 0) is 12.1 Å². The highest BCUT2D eigenvalue weighted by molar-refractivity contribution is 7.59. The molecule has 0 spiro atoms. The van der Waals surface area contributed by atoms with E-state index in [1.54, 1.807) is 24.3 Å². The van der Waals surface area contributed by atoms with Gasteiger partial charge in [-0.25, -0.2) is 4.79 Å². The van der Waals surface area contributed by atoms with Crippen LogP contribution < -0.4 is 4.74 Å². The molecule has 16 heavy (non-hydrogen) atoms. The minimum atomic E-state index is -3.11. The van der Waals surface area contributed by atoms with Crippen molar-refractivity contribution in [2.45, 2.75) is 0 Å². The van der Waals surface area contributed by atoms with Crippen molar-refractivity contribution in [1.29, 1.82) is 0 Å². The molecule has 1 rings (SSSR count). The fraction of sp³-hybridized carbons (Fsp3) is 0.222. The second-order valence-electron chi connectivity index (χ2n) is 2.40. The van der Waals surface area contributed by atoms with E-state index in [1.807, 2.05) is 0 Å². The van der Waals surface area contributed by atoms with Gasteiger partial charge in [-0.1, -0.05) is 12.1 Å². The van der Waals surface area contributed by atoms with E-state index in [-0.39, 0.29) is 5.97 Å². The van der Waals surface area contributed by atoms with Crippen LogP contribution in [0.1, 0.15) is 10.4 Å². The van der Waals surface area contributed by atoms with Crippen LogP contribution in [0.3, 0.4) is 0 Å². The van der Waals surface area contributed by atoms with Crippen molar-refractivity contribution in [3.8, 4) is 5.75 Å². The number of hydrogen-bond acceptors (Lipinski definition) is 6. The van der Waals surface area contributed by atoms with E-state index in [1.165, 1.54) is 14.2 Å². The van der Waals surface area contributed by atoms with E-state index in [0.29, 0.717) is 11.3 Å². The molecule has 0 aliphatic rings. The van der Waals surface area contributed by atoms with Gasteiger partial charge in [0.1, 0.15) is 11.3 Å². The number of benzene rings is 1. The van der Waals surface area contributed by atoms with E-state index < -0.39 is 10.6 Å². The molecule has 6 nitrogen and oxygen atoms in total. The molecule has 0 aliphatic heterocycles. The molecule has 0 N–H and O–H groups in total. The predicted molar refractivity (Wildman–Crippen MR) is 54.0 cm³/mol. The molecule has 0 unspecified atom stereocenters. The number of rotatable bonds is 2. The molecule has 0 fully saturated rings. The van der Waals surface area contributed by atoms with Crippen molar-refractivity contribution in [3.05, 3.63) is 29.8 Å². The lowest BCUT2D eigenvalue weighted by Gasteiger charge is -2.04. The van der Waals surface area contributed by atoms with Crippen LogP contribution in [0.2, 0.25) is 0 Å². The maximum absolute atomic E-state index is 11.1. The largest absolute Gasteiger partial charge is 0.496 e. The highest BCUT2D eigenvalue weighted by Crippen LogP contribution is 2.17. The molecule has 88 valence electrons. The zero-order valence-electron chi connectivity index (χ0n) is 8.67. The van der Waals surface area contributed by atoms with Gasteiger partial charge in [0.2, 0.25) is 0 Å². The normalized spacial score (nSPS) is 8.38. The van der Waals surface area contributed by atoms with Gasteiger partial charge in [0.15, 0.2) is 0 Å². The highest BCUT2D eigenvalue weighted by Gasteiger charge is 2.10. The van der Waals surface area contributed by atoms with Gasteiger partial charge in [0.05, 0.1) is 14.2 Å². The average molecular weight is 246 g/mol. The van der Waals surface area contributed by atoms with Crippen LogP contribution in [0.15, 0.2) is 24.3 Å². The molecular formula is C9H10O6S. The Bertz CT molecular complexity index is 443. The number of hydrogen-bond donors (Lipinski definition) is 0. The topological polar surface area (TPSA) is 86.7 Å². The fourth-order valence-electron chi connectivity index (χ4n) is 0.923. The van der Waals surface area contributed by atoms with Crippen LogP contribution in [-0.2, 0) is 15.3 Å². The Morgan fingerprint density at radius 1 is 1.12 bits per heavy atom. The number of para-hydroxylation sites is 1. The van der Waals surface area contributed by atoms with Gasteiger partial charge in [-0.15, -0.1) is 12.6 Å². The minimum Gasteiger partial charge on any atom is -0.496 e. The van der Waals surface area contributed by atoms with Crippen LogP contribution in [0, 0.1) is 0 Å². The molecular weight excluding hydrogens is 236 g/mol. The second kappa shape index (κ2) is 7.41. The molecule has 0 saturated carbocycles. The zero-order valence-corrected chi connectivity index (χ0v) is 9.48. The first-order valence-corrected chi connectivity index (χ1v) is 5.01. The lowest BCUT2D eigenvalue weighted by Crippen LogP contribution is -2.03. The summed E-state index contributed by atoms with van der Waals surface area (Å²) in [5.74, 6) is 0.150. The molecule has 7 heteroatoms. The number of carbonyl (C=O) groups is 1. The Labute approximate surface area is 93.9 Å². The molecule has 0 heterocycles. The van der Waals surface area contributed by atoms with Gasteiger partial charge in [-0.2, -0.15) is 0 Å². The quantitative estimate of drug-likeness (QED) is 0.705. The van der Waals surface area contributed by atoms with Crippen molar-refractivity contribution in [3.63, 3.8) is 0 Å². The summed E-state index contributed by atoms with van der Waals surface area (Å²) in [6, 6.07) is 6.93. The van der Waals surface area contributed by atoms with Crippen LogP contribution in [0.25, 0.3) is 0 Å². The van der Waals surface area contributed by atoms with E-state index in [0.717, 1.165) is 0 Å². The highest BCUT2D eigenvalue weighted by atomic mass is 32.2. The van der Waals surface area contributed by atoms with Crippen LogP contribution in [0.5, 0.6) is 5.75 Å². The zero-order chi connectivity index (χ0) is 12.6. The fourth-order valence-corrected chi connectivity index (χ4v) is 0.923. The number of methoxy groups -OCH3 is 2. The second-order valence-corrected chi connectivity index (χ2v) is 2.80. The first kappa shape index (κ1) is 14.1. The molecule has 0 saturated heterocycles. The van der Waals surface area contributed by atoms with E-state index in [9.17, 15) is 4.79 Å². The van der Waals surface area contributed by atoms with Crippen molar-refractivity contribution >= 4 is 16.6 Å². The summed E-state index contributed by atoms with van der Waals surface area (Å²) < 4.78 is 34.9. The summed E-state index contributed by atoms with van der Waals surface area (Å²) in [5, 5.41) is 0. The third-order valence-electron chi connectivity index (χ3n) is 1.51. The molecule has 0 aromatic heterocycles. The van der Waals surface area contributed by atoms with E-state index >= 15 is 0 Å². The number of esters is 1. The summed E-state index contributed by atoms with van der Waals surface area (Å²) in [4.78, 5) is 11.1. The van der Waals surface area contributed by atoms with Gasteiger partial charge < -0.3 is 9.47 Å². The Morgan fingerprint density at radius 2 is 1.62 bits per heavy atom. The molecule has 0 bridgehead atoms. The first-order chi connectivity index (χ1) is 7.52. The van der Waals surface area contributed by atoms with E-state index in [2.05, 4.69) is 4.74 Å². The molecule has 0 amide bonds. The molecule has 1 aromatic rings. The smallest absolute Gasteiger partial charge is 0.425 e. The van der Waals surface area contributed by atoms with Gasteiger partial charge >= 0.3 is 16.6 Å². The first-order valence-electron chi connectivity index (χ1n) is 4.01. The standard InChI is InChI=1S/C9H10O3.O3S/c1-11-8-6-4-3-5-7(8)9(10)12-2;1-4(2)3/h3-6H,1-2H3;. The summed E-state index contributed by atoms with van der Waals surface area (Å²) in [6.07, 6.45) is 0. The molecule has 0 atom stereocenters. The Kier molecular flexibility index (Phi) is 6.53. The average Bonchev–Trinajstić information content (AvgIpc) is 2.27. The van der Waals surface area contributed by atoms with Crippen LogP contribution in [0.4, 0.5) is 0 Å². The number of carbonyl (C=O) groups excluding carboxylic acids is 1. The molecule has 0 aliphatic carbocycles. The Balaban J connectivity index is 0.000000487. The third-order valence-corrected chi connectivity index (χ3v) is 1.51. The maximum Gasteiger partial charge on any atom is 0.425 e. The number of ether oxygens (including phenoxy) is 2. The predicted octanol–water partition coefficient (Wildman–Crippen LogP) is 0.478. The summed E-state index contributed by atoms with van der Waals surface area (Å²) in [5.41, 5.74) is 0.447. The van der Waals surface area contributed by atoms with Gasteiger partial charge in [-0.3, -0.25) is 0 Å². The Hall–Kier alpha value is -1.89. The third kappa shape index (κ3) is 5.11. The van der Waals surface area contributed by atoms with Crippen molar-refractivity contribution in [2.24, 2.45) is 0 Å². The van der Waals surface area contributed by atoms with Crippen LogP contribution >= 0.6 is 0 Å². The summed E-state index contributed by atoms with van der Waals surface area (Å²) in [6.45, 7) is 0. The Morgan fingerprint density at radius 3 is 2.06 bits per heavy atom. The lowest BCUT2D eigenvalue weighted by molar-refractivity contribution is 0.0597. The molecule has 1 aromatic carbocycles. The SMILES string of the molecule is COC(=O)c1ccccc1OC.O=S(=O)=O. The van der Waals surface area contributed by atoms with Crippen molar-refractivity contribution < 1.29 is 26.9 Å². The van der Waals surface area contributed by atoms with Crippen molar-refractivity contribution in [2.75, 3.05) is 14.2 Å². The minimum absolute atomic E-state index is 0.382. The van der Waals surface area contributed by atoms with E-state index in [4.69, 9.17) is 17.4 Å². The lowest BCUT2D eigenvalue weighted by atomic mass is 10.2. The maximum atomic E-state index is 11.1. The molecule has 0 radical (unpaired) electrons. The summed E-state index contributed by atoms with van der Waals surface area (Å²) >= 11 is 0. The van der Waals surface area contributed by atoms with Gasteiger partial charge in [0, 0.05) is 0 Å². The van der Waals surface area contributed by atoms with Crippen LogP contribution in [-0.4, -0.2) is 32.8 Å².